The zero-order chi connectivity index (χ0) is 19.2. The van der Waals surface area contributed by atoms with Gasteiger partial charge >= 0.3 is 0 Å². The molecule has 0 radical (unpaired) electrons. The largest absolute Gasteiger partial charge is 0.508 e. The summed E-state index contributed by atoms with van der Waals surface area (Å²) in [5.41, 5.74) is 4.79. The van der Waals surface area contributed by atoms with Gasteiger partial charge in [-0.05, 0) is 84.6 Å². The maximum absolute atomic E-state index is 10.0. The standard InChI is InChI=1S/C25H30OS2/c1-24-12-11-19-15-21(26)9-10-22(19)23(24)17-25(27-13-14-28-25)16-20(24)8-7-18-5-3-2-4-6-18/h2-6,9-10,15,20,23,26H,7-8,11-14,16-17H2,1H3/t20-,23+,24?/m0/s1. The second-order valence-corrected chi connectivity index (χ2v) is 12.4. The van der Waals surface area contributed by atoms with Gasteiger partial charge in [0.05, 0.1) is 4.08 Å². The molecular formula is C25H30OS2. The van der Waals surface area contributed by atoms with Gasteiger partial charge in [-0.2, -0.15) is 0 Å². The lowest BCUT2D eigenvalue weighted by Crippen LogP contribution is -2.47. The predicted molar refractivity (Wildman–Crippen MR) is 122 cm³/mol. The Kier molecular flexibility index (Phi) is 4.95. The van der Waals surface area contributed by atoms with E-state index in [1.807, 2.05) is 12.1 Å². The molecule has 1 spiro atoms. The summed E-state index contributed by atoms with van der Waals surface area (Å²) >= 11 is 4.47. The summed E-state index contributed by atoms with van der Waals surface area (Å²) in [5, 5.41) is 10.0. The molecule has 1 heterocycles. The van der Waals surface area contributed by atoms with Crippen molar-refractivity contribution in [3.8, 4) is 5.75 Å². The summed E-state index contributed by atoms with van der Waals surface area (Å²) in [7, 11) is 0. The van der Waals surface area contributed by atoms with Gasteiger partial charge in [0.25, 0.3) is 0 Å². The topological polar surface area (TPSA) is 20.2 Å². The second-order valence-electron chi connectivity index (χ2n) is 9.18. The van der Waals surface area contributed by atoms with Gasteiger partial charge in [-0.15, -0.1) is 23.5 Å². The number of thioether (sulfide) groups is 2. The van der Waals surface area contributed by atoms with Crippen LogP contribution in [0.15, 0.2) is 48.5 Å². The Morgan fingerprint density at radius 1 is 1.04 bits per heavy atom. The van der Waals surface area contributed by atoms with Crippen LogP contribution in [0.5, 0.6) is 5.75 Å². The van der Waals surface area contributed by atoms with Gasteiger partial charge in [0.15, 0.2) is 0 Å². The fourth-order valence-electron chi connectivity index (χ4n) is 6.07. The van der Waals surface area contributed by atoms with Crippen molar-refractivity contribution in [2.24, 2.45) is 11.3 Å². The average Bonchev–Trinajstić information content (AvgIpc) is 3.16. The van der Waals surface area contributed by atoms with Gasteiger partial charge in [-0.3, -0.25) is 0 Å². The zero-order valence-electron chi connectivity index (χ0n) is 16.7. The molecule has 2 fully saturated rings. The minimum Gasteiger partial charge on any atom is -0.508 e. The number of fused-ring (bicyclic) bond motifs is 3. The van der Waals surface area contributed by atoms with Gasteiger partial charge in [0.1, 0.15) is 5.75 Å². The normalized spacial score (nSPS) is 30.8. The molecule has 28 heavy (non-hydrogen) atoms. The predicted octanol–water partition coefficient (Wildman–Crippen LogP) is 6.65. The van der Waals surface area contributed by atoms with Gasteiger partial charge < -0.3 is 5.11 Å². The van der Waals surface area contributed by atoms with Crippen LogP contribution in [0, 0.1) is 11.3 Å². The molecule has 1 N–H and O–H groups in total. The fraction of sp³-hybridized carbons (Fsp3) is 0.520. The van der Waals surface area contributed by atoms with Gasteiger partial charge in [-0.25, -0.2) is 0 Å². The molecule has 0 bridgehead atoms. The number of benzene rings is 2. The Morgan fingerprint density at radius 3 is 2.61 bits per heavy atom. The van der Waals surface area contributed by atoms with Crippen LogP contribution in [0.4, 0.5) is 0 Å². The monoisotopic (exact) mass is 410 g/mol. The first-order chi connectivity index (χ1) is 13.6. The third kappa shape index (κ3) is 3.29. The fourth-order valence-corrected chi connectivity index (χ4v) is 9.52. The quantitative estimate of drug-likeness (QED) is 0.612. The Balaban J connectivity index is 1.48. The van der Waals surface area contributed by atoms with Crippen LogP contribution in [0.25, 0.3) is 0 Å². The van der Waals surface area contributed by atoms with E-state index in [9.17, 15) is 5.11 Å². The second kappa shape index (κ2) is 7.32. The summed E-state index contributed by atoms with van der Waals surface area (Å²) in [4.78, 5) is 0. The maximum atomic E-state index is 10.0. The number of rotatable bonds is 3. The maximum Gasteiger partial charge on any atom is 0.115 e. The van der Waals surface area contributed by atoms with Crippen molar-refractivity contribution < 1.29 is 5.11 Å². The van der Waals surface area contributed by atoms with E-state index < -0.39 is 0 Å². The number of hydrogen-bond donors (Lipinski definition) is 1. The van der Waals surface area contributed by atoms with Crippen LogP contribution in [-0.4, -0.2) is 20.7 Å². The molecule has 1 unspecified atom stereocenters. The molecule has 3 atom stereocenters. The first-order valence-electron chi connectivity index (χ1n) is 10.7. The van der Waals surface area contributed by atoms with Crippen LogP contribution < -0.4 is 0 Å². The smallest absolute Gasteiger partial charge is 0.115 e. The lowest BCUT2D eigenvalue weighted by molar-refractivity contribution is 0.0577. The molecule has 0 amide bonds. The van der Waals surface area contributed by atoms with E-state index in [1.165, 1.54) is 60.3 Å². The van der Waals surface area contributed by atoms with E-state index >= 15 is 0 Å². The minimum atomic E-state index is 0.383. The Morgan fingerprint density at radius 2 is 1.82 bits per heavy atom. The molecule has 1 saturated carbocycles. The lowest BCUT2D eigenvalue weighted by Gasteiger charge is -2.56. The number of aryl methyl sites for hydroxylation is 2. The van der Waals surface area contributed by atoms with Crippen molar-refractivity contribution in [1.29, 1.82) is 0 Å². The highest BCUT2D eigenvalue weighted by atomic mass is 32.2. The van der Waals surface area contributed by atoms with Crippen molar-refractivity contribution in [3.05, 3.63) is 65.2 Å². The first kappa shape index (κ1) is 18.9. The van der Waals surface area contributed by atoms with Crippen molar-refractivity contribution in [1.82, 2.24) is 0 Å². The molecule has 1 nitrogen and oxygen atoms in total. The number of aromatic hydroxyl groups is 1. The molecule has 3 heteroatoms. The van der Waals surface area contributed by atoms with E-state index in [0.29, 0.717) is 21.2 Å². The van der Waals surface area contributed by atoms with E-state index in [4.69, 9.17) is 0 Å². The van der Waals surface area contributed by atoms with Crippen LogP contribution in [0.1, 0.15) is 55.2 Å². The first-order valence-corrected chi connectivity index (χ1v) is 12.7. The highest BCUT2D eigenvalue weighted by Gasteiger charge is 2.55. The minimum absolute atomic E-state index is 0.383. The van der Waals surface area contributed by atoms with E-state index in [-0.39, 0.29) is 0 Å². The van der Waals surface area contributed by atoms with Crippen molar-refractivity contribution >= 4 is 23.5 Å². The Bertz CT molecular complexity index is 843. The van der Waals surface area contributed by atoms with E-state index in [2.05, 4.69) is 66.8 Å². The van der Waals surface area contributed by atoms with Crippen molar-refractivity contribution in [2.45, 2.75) is 55.4 Å². The van der Waals surface area contributed by atoms with Gasteiger partial charge in [-0.1, -0.05) is 43.3 Å². The van der Waals surface area contributed by atoms with Crippen molar-refractivity contribution in [3.63, 3.8) is 0 Å². The Hall–Kier alpha value is -1.06. The lowest BCUT2D eigenvalue weighted by atomic mass is 9.53. The Labute approximate surface area is 177 Å². The molecule has 5 rings (SSSR count). The average molecular weight is 411 g/mol. The van der Waals surface area contributed by atoms with Crippen LogP contribution in [0.3, 0.4) is 0 Å². The molecule has 3 aliphatic rings. The molecule has 2 aromatic carbocycles. The number of hydrogen-bond acceptors (Lipinski definition) is 3. The molecule has 2 aliphatic carbocycles. The SMILES string of the molecule is CC12CCc3cc(O)ccc3[C@H]1CC1(C[C@@H]2CCc2ccccc2)SCCS1. The van der Waals surface area contributed by atoms with Crippen molar-refractivity contribution in [2.75, 3.05) is 11.5 Å². The summed E-state index contributed by atoms with van der Waals surface area (Å²) in [6.07, 6.45) is 7.55. The molecule has 1 aliphatic heterocycles. The van der Waals surface area contributed by atoms with Crippen LogP contribution >= 0.6 is 23.5 Å². The van der Waals surface area contributed by atoms with Gasteiger partial charge in [0.2, 0.25) is 0 Å². The summed E-state index contributed by atoms with van der Waals surface area (Å²) in [6, 6.07) is 17.2. The molecule has 2 aromatic rings. The molecular weight excluding hydrogens is 380 g/mol. The third-order valence-corrected chi connectivity index (χ3v) is 11.2. The summed E-state index contributed by atoms with van der Waals surface area (Å²) in [5.74, 6) is 4.44. The third-order valence-electron chi connectivity index (χ3n) is 7.67. The molecule has 148 valence electrons. The zero-order valence-corrected chi connectivity index (χ0v) is 18.3. The molecule has 0 aromatic heterocycles. The summed E-state index contributed by atoms with van der Waals surface area (Å²) < 4.78 is 0.415. The van der Waals surface area contributed by atoms with Crippen LogP contribution in [-0.2, 0) is 12.8 Å². The highest BCUT2D eigenvalue weighted by Crippen LogP contribution is 2.66. The number of phenolic OH excluding ortho intramolecular Hbond substituents is 1. The highest BCUT2D eigenvalue weighted by molar-refractivity contribution is 8.21. The van der Waals surface area contributed by atoms with E-state index in [1.54, 1.807) is 0 Å². The van der Waals surface area contributed by atoms with E-state index in [0.717, 1.165) is 12.3 Å². The summed E-state index contributed by atoms with van der Waals surface area (Å²) in [6.45, 7) is 2.58. The van der Waals surface area contributed by atoms with Crippen LogP contribution in [0.2, 0.25) is 0 Å². The van der Waals surface area contributed by atoms with Gasteiger partial charge in [0, 0.05) is 11.5 Å². The molecule has 1 saturated heterocycles. The number of phenols is 1.